The van der Waals surface area contributed by atoms with Crippen LogP contribution in [0.3, 0.4) is 0 Å². The summed E-state index contributed by atoms with van der Waals surface area (Å²) in [7, 11) is 0. The van der Waals surface area contributed by atoms with Crippen molar-refractivity contribution in [3.8, 4) is 22.9 Å². The number of aromatic nitrogens is 2. The van der Waals surface area contributed by atoms with Crippen LogP contribution in [0, 0.1) is 12.8 Å². The Balaban J connectivity index is 1.20. The fraction of sp³-hybridized carbons (Fsp3) is 0.385. The van der Waals surface area contributed by atoms with E-state index in [0.717, 1.165) is 16.7 Å². The summed E-state index contributed by atoms with van der Waals surface area (Å²) in [5.74, 6) is 1.05. The number of benzene rings is 2. The topological polar surface area (TPSA) is 88.8 Å². The number of hydrogen-bond acceptors (Lipinski definition) is 6. The Morgan fingerprint density at radius 3 is 2.21 bits per heavy atom. The molecule has 0 N–H and O–H groups in total. The van der Waals surface area contributed by atoms with E-state index in [1.807, 2.05) is 53.1 Å². The lowest BCUT2D eigenvalue weighted by Gasteiger charge is -2.35. The van der Waals surface area contributed by atoms with Crippen molar-refractivity contribution in [2.24, 2.45) is 5.92 Å². The minimum absolute atomic E-state index is 0.00958. The van der Waals surface area contributed by atoms with Gasteiger partial charge in [-0.2, -0.15) is 0 Å². The predicted molar refractivity (Wildman–Crippen MR) is 126 cm³/mol. The maximum Gasteiger partial charge on any atom is 0.253 e. The molecule has 5 rings (SSSR count). The van der Waals surface area contributed by atoms with Gasteiger partial charge < -0.3 is 19.0 Å². The monoisotopic (exact) mass is 460 g/mol. The minimum atomic E-state index is -0.0187. The Bertz CT molecular complexity index is 1160. The molecular formula is C26H28N4O4. The Labute approximate surface area is 198 Å². The first-order valence-corrected chi connectivity index (χ1v) is 11.8. The van der Waals surface area contributed by atoms with Crippen LogP contribution >= 0.6 is 0 Å². The molecule has 8 heteroatoms. The third-order valence-electron chi connectivity index (χ3n) is 6.52. The zero-order chi connectivity index (χ0) is 23.5. The van der Waals surface area contributed by atoms with E-state index in [4.69, 9.17) is 9.15 Å². The lowest BCUT2D eigenvalue weighted by atomic mass is 9.94. The summed E-state index contributed by atoms with van der Waals surface area (Å²) in [4.78, 5) is 29.5. The lowest BCUT2D eigenvalue weighted by molar-refractivity contribution is -0.141. The van der Waals surface area contributed by atoms with E-state index in [0.29, 0.717) is 69.6 Å². The van der Waals surface area contributed by atoms with E-state index >= 15 is 0 Å². The quantitative estimate of drug-likeness (QED) is 0.593. The van der Waals surface area contributed by atoms with Crippen molar-refractivity contribution in [1.82, 2.24) is 20.0 Å². The largest absolute Gasteiger partial charge is 0.416 e. The van der Waals surface area contributed by atoms with Crippen LogP contribution in [0.1, 0.15) is 28.8 Å². The fourth-order valence-corrected chi connectivity index (χ4v) is 4.54. The van der Waals surface area contributed by atoms with Crippen LogP contribution in [0.5, 0.6) is 0 Å². The van der Waals surface area contributed by atoms with Gasteiger partial charge in [0.2, 0.25) is 17.7 Å². The van der Waals surface area contributed by atoms with Gasteiger partial charge in [0.1, 0.15) is 0 Å². The number of morpholine rings is 1. The minimum Gasteiger partial charge on any atom is -0.416 e. The number of ether oxygens (including phenoxy) is 1. The van der Waals surface area contributed by atoms with Crippen molar-refractivity contribution in [2.45, 2.75) is 19.8 Å². The molecule has 2 aliphatic rings. The molecule has 3 heterocycles. The first kappa shape index (κ1) is 22.3. The summed E-state index contributed by atoms with van der Waals surface area (Å²) in [6.45, 7) is 5.73. The van der Waals surface area contributed by atoms with Crippen LogP contribution in [-0.2, 0) is 9.53 Å². The van der Waals surface area contributed by atoms with Gasteiger partial charge in [-0.3, -0.25) is 9.59 Å². The number of piperidine rings is 1. The molecule has 176 valence electrons. The zero-order valence-corrected chi connectivity index (χ0v) is 19.3. The number of carbonyl (C=O) groups excluding carboxylic acids is 2. The molecule has 0 atom stereocenters. The van der Waals surface area contributed by atoms with Crippen LogP contribution in [0.4, 0.5) is 0 Å². The summed E-state index contributed by atoms with van der Waals surface area (Å²) < 4.78 is 11.2. The summed E-state index contributed by atoms with van der Waals surface area (Å²) in [6, 6.07) is 15.1. The van der Waals surface area contributed by atoms with Crippen molar-refractivity contribution in [3.63, 3.8) is 0 Å². The Hall–Kier alpha value is -3.52. The number of amides is 2. The van der Waals surface area contributed by atoms with Crippen LogP contribution in [0.25, 0.3) is 22.9 Å². The number of hydrogen-bond donors (Lipinski definition) is 0. The van der Waals surface area contributed by atoms with Crippen molar-refractivity contribution >= 4 is 11.8 Å². The second-order valence-electron chi connectivity index (χ2n) is 8.86. The molecule has 0 bridgehead atoms. The fourth-order valence-electron chi connectivity index (χ4n) is 4.54. The van der Waals surface area contributed by atoms with Gasteiger partial charge in [-0.15, -0.1) is 10.2 Å². The molecule has 3 aromatic rings. The molecule has 34 heavy (non-hydrogen) atoms. The maximum atomic E-state index is 13.0. The third-order valence-corrected chi connectivity index (χ3v) is 6.52. The number of rotatable bonds is 4. The third kappa shape index (κ3) is 4.72. The first-order chi connectivity index (χ1) is 16.6. The molecule has 1 aromatic heterocycles. The Kier molecular flexibility index (Phi) is 6.40. The average Bonchev–Trinajstić information content (AvgIpc) is 3.39. The molecular weight excluding hydrogens is 432 g/mol. The second-order valence-corrected chi connectivity index (χ2v) is 8.86. The van der Waals surface area contributed by atoms with E-state index < -0.39 is 0 Å². The summed E-state index contributed by atoms with van der Waals surface area (Å²) in [6.07, 6.45) is 1.40. The second kappa shape index (κ2) is 9.77. The smallest absolute Gasteiger partial charge is 0.253 e. The molecule has 0 radical (unpaired) electrons. The van der Waals surface area contributed by atoms with Crippen LogP contribution in [-0.4, -0.2) is 71.2 Å². The molecule has 0 unspecified atom stereocenters. The number of likely N-dealkylation sites (tertiary alicyclic amines) is 1. The van der Waals surface area contributed by atoms with Gasteiger partial charge in [-0.25, -0.2) is 0 Å². The first-order valence-electron chi connectivity index (χ1n) is 11.8. The molecule has 0 aliphatic carbocycles. The van der Waals surface area contributed by atoms with Crippen molar-refractivity contribution in [3.05, 3.63) is 59.7 Å². The summed E-state index contributed by atoms with van der Waals surface area (Å²) in [5, 5.41) is 8.32. The standard InChI is InChI=1S/C26H28N4O4/c1-18-3-2-4-22(17-18)24-28-27-23(34-24)19-5-7-20(8-6-19)25(31)29-11-9-21(10-12-29)26(32)30-13-15-33-16-14-30/h2-8,17,21H,9-16H2,1H3. The van der Waals surface area contributed by atoms with Crippen LogP contribution in [0.15, 0.2) is 52.9 Å². The van der Waals surface area contributed by atoms with Gasteiger partial charge in [0, 0.05) is 48.8 Å². The Morgan fingerprint density at radius 2 is 1.53 bits per heavy atom. The van der Waals surface area contributed by atoms with Gasteiger partial charge in [-0.05, 0) is 56.2 Å². The van der Waals surface area contributed by atoms with E-state index in [9.17, 15) is 9.59 Å². The molecule has 8 nitrogen and oxygen atoms in total. The van der Waals surface area contributed by atoms with Crippen LogP contribution < -0.4 is 0 Å². The van der Waals surface area contributed by atoms with Gasteiger partial charge in [-0.1, -0.05) is 17.7 Å². The molecule has 2 aliphatic heterocycles. The van der Waals surface area contributed by atoms with Gasteiger partial charge in [0.25, 0.3) is 5.91 Å². The van der Waals surface area contributed by atoms with Gasteiger partial charge in [0.05, 0.1) is 13.2 Å². The van der Waals surface area contributed by atoms with Gasteiger partial charge in [0.15, 0.2) is 0 Å². The van der Waals surface area contributed by atoms with E-state index in [1.54, 1.807) is 12.1 Å². The van der Waals surface area contributed by atoms with Gasteiger partial charge >= 0.3 is 0 Å². The highest BCUT2D eigenvalue weighted by Crippen LogP contribution is 2.26. The highest BCUT2D eigenvalue weighted by molar-refractivity contribution is 5.94. The average molecular weight is 461 g/mol. The summed E-state index contributed by atoms with van der Waals surface area (Å²) in [5.41, 5.74) is 3.37. The predicted octanol–water partition coefficient (Wildman–Crippen LogP) is 3.42. The normalized spacial score (nSPS) is 17.1. The maximum absolute atomic E-state index is 13.0. The lowest BCUT2D eigenvalue weighted by Crippen LogP contribution is -2.47. The SMILES string of the molecule is Cc1cccc(-c2nnc(-c3ccc(C(=O)N4CCC(C(=O)N5CCOCC5)CC4)cc3)o2)c1. The number of carbonyl (C=O) groups is 2. The van der Waals surface area contributed by atoms with Crippen LogP contribution in [0.2, 0.25) is 0 Å². The van der Waals surface area contributed by atoms with Crippen molar-refractivity contribution in [2.75, 3.05) is 39.4 Å². The highest BCUT2D eigenvalue weighted by atomic mass is 16.5. The molecule has 2 aromatic carbocycles. The Morgan fingerprint density at radius 1 is 0.853 bits per heavy atom. The van der Waals surface area contributed by atoms with E-state index in [1.165, 1.54) is 0 Å². The molecule has 2 saturated heterocycles. The molecule has 0 spiro atoms. The zero-order valence-electron chi connectivity index (χ0n) is 19.3. The number of aryl methyl sites for hydroxylation is 1. The van der Waals surface area contributed by atoms with Crippen molar-refractivity contribution in [1.29, 1.82) is 0 Å². The highest BCUT2D eigenvalue weighted by Gasteiger charge is 2.31. The molecule has 2 fully saturated rings. The summed E-state index contributed by atoms with van der Waals surface area (Å²) >= 11 is 0. The number of nitrogens with zero attached hydrogens (tertiary/aromatic N) is 4. The van der Waals surface area contributed by atoms with Crippen molar-refractivity contribution < 1.29 is 18.7 Å². The molecule has 2 amide bonds. The van der Waals surface area contributed by atoms with E-state index in [-0.39, 0.29) is 17.7 Å². The molecule has 0 saturated carbocycles. The van der Waals surface area contributed by atoms with E-state index in [2.05, 4.69) is 10.2 Å².